The molecule has 0 bridgehead atoms. The van der Waals surface area contributed by atoms with Crippen LogP contribution < -0.4 is 0 Å². The van der Waals surface area contributed by atoms with Crippen LogP contribution in [0.2, 0.25) is 0 Å². The van der Waals surface area contributed by atoms with Crippen LogP contribution in [-0.4, -0.2) is 19.1 Å². The highest BCUT2D eigenvalue weighted by atomic mass is 32.1. The first-order valence-corrected chi connectivity index (χ1v) is 18.0. The molecule has 0 amide bonds. The van der Waals surface area contributed by atoms with Gasteiger partial charge in [-0.3, -0.25) is 4.57 Å². The fraction of sp³-hybridized carbons (Fsp3) is 0. The van der Waals surface area contributed by atoms with Crippen LogP contribution in [0.15, 0.2) is 170 Å². The molecule has 4 aromatic heterocycles. The van der Waals surface area contributed by atoms with E-state index in [4.69, 9.17) is 9.97 Å². The highest BCUT2D eigenvalue weighted by Crippen LogP contribution is 2.47. The van der Waals surface area contributed by atoms with Gasteiger partial charge in [0.05, 0.1) is 33.5 Å². The summed E-state index contributed by atoms with van der Waals surface area (Å²) >= 11 is 1.85. The molecule has 0 radical (unpaired) electrons. The first-order chi connectivity index (χ1) is 25.3. The minimum absolute atomic E-state index is 0.657. The van der Waals surface area contributed by atoms with E-state index in [1.807, 2.05) is 23.5 Å². The van der Waals surface area contributed by atoms with Crippen LogP contribution >= 0.6 is 11.3 Å². The number of hydrogen-bond donors (Lipinski definition) is 0. The zero-order valence-corrected chi connectivity index (χ0v) is 28.2. The Hall–Kier alpha value is -6.56. The molecule has 0 atom stereocenters. The second-order valence-electron chi connectivity index (χ2n) is 13.0. The summed E-state index contributed by atoms with van der Waals surface area (Å²) in [4.78, 5) is 10.7. The van der Waals surface area contributed by atoms with Crippen LogP contribution in [0.25, 0.3) is 97.9 Å². The van der Waals surface area contributed by atoms with Crippen molar-refractivity contribution in [3.63, 3.8) is 0 Å². The summed E-state index contributed by atoms with van der Waals surface area (Å²) in [5, 5.41) is 7.34. The van der Waals surface area contributed by atoms with E-state index < -0.39 is 0 Å². The molecule has 0 fully saturated rings. The number of thiophene rings is 1. The lowest BCUT2D eigenvalue weighted by Crippen LogP contribution is -2.04. The van der Waals surface area contributed by atoms with E-state index in [0.29, 0.717) is 5.95 Å². The Morgan fingerprint density at radius 2 is 0.843 bits per heavy atom. The normalized spacial score (nSPS) is 11.9. The van der Waals surface area contributed by atoms with E-state index in [9.17, 15) is 0 Å². The Morgan fingerprint density at radius 1 is 0.392 bits per heavy atom. The van der Waals surface area contributed by atoms with Crippen molar-refractivity contribution in [1.82, 2.24) is 19.1 Å². The summed E-state index contributed by atoms with van der Waals surface area (Å²) in [7, 11) is 0. The molecule has 0 aliphatic rings. The zero-order valence-electron chi connectivity index (χ0n) is 27.4. The molecule has 0 unspecified atom stereocenters. The van der Waals surface area contributed by atoms with Gasteiger partial charge in [-0.05, 0) is 42.5 Å². The lowest BCUT2D eigenvalue weighted by Gasteiger charge is -2.13. The van der Waals surface area contributed by atoms with Gasteiger partial charge in [-0.25, -0.2) is 9.97 Å². The van der Waals surface area contributed by atoms with Crippen LogP contribution in [0.3, 0.4) is 0 Å². The summed E-state index contributed by atoms with van der Waals surface area (Å²) in [5.41, 5.74) is 9.66. The quantitative estimate of drug-likeness (QED) is 0.187. The number of rotatable bonds is 4. The van der Waals surface area contributed by atoms with E-state index in [1.165, 1.54) is 52.8 Å². The van der Waals surface area contributed by atoms with Gasteiger partial charge in [-0.2, -0.15) is 0 Å². The Balaban J connectivity index is 1.34. The van der Waals surface area contributed by atoms with Crippen molar-refractivity contribution in [2.75, 3.05) is 0 Å². The van der Waals surface area contributed by atoms with Crippen molar-refractivity contribution in [1.29, 1.82) is 0 Å². The maximum absolute atomic E-state index is 5.36. The Labute approximate surface area is 297 Å². The first-order valence-electron chi connectivity index (χ1n) is 17.2. The standard InChI is InChI=1S/C46H28N4S/c1-4-14-29(15-5-1)36-28-37(30-16-6-2-7-17-30)48-46(47-36)50-39-23-13-11-21-33(39)35-25-27-41-43(45(35)50)42-40(51-41)26-24-34-32-20-10-12-22-38(32)49(44(34)42)31-18-8-3-9-19-31/h1-28H. The van der Waals surface area contributed by atoms with Crippen LogP contribution in [-0.2, 0) is 0 Å². The fourth-order valence-electron chi connectivity index (χ4n) is 7.95. The molecule has 11 rings (SSSR count). The summed E-state index contributed by atoms with van der Waals surface area (Å²) in [6.45, 7) is 0. The number of para-hydroxylation sites is 3. The van der Waals surface area contributed by atoms with Crippen LogP contribution in [0, 0.1) is 0 Å². The topological polar surface area (TPSA) is 35.6 Å². The molecule has 4 nitrogen and oxygen atoms in total. The summed E-state index contributed by atoms with van der Waals surface area (Å²) in [5.74, 6) is 0.657. The van der Waals surface area contributed by atoms with Gasteiger partial charge in [0, 0.05) is 58.5 Å². The highest BCUT2D eigenvalue weighted by Gasteiger charge is 2.24. The Bertz CT molecular complexity index is 3060. The van der Waals surface area contributed by atoms with Gasteiger partial charge >= 0.3 is 0 Å². The first kappa shape index (κ1) is 28.3. The third-order valence-corrected chi connectivity index (χ3v) is 11.3. The minimum atomic E-state index is 0.657. The van der Waals surface area contributed by atoms with Crippen LogP contribution in [0.1, 0.15) is 0 Å². The summed E-state index contributed by atoms with van der Waals surface area (Å²) in [6, 6.07) is 60.4. The smallest absolute Gasteiger partial charge is 0.235 e. The molecule has 0 saturated carbocycles. The largest absolute Gasteiger partial charge is 0.309 e. The predicted octanol–water partition coefficient (Wildman–Crippen LogP) is 12.4. The maximum atomic E-state index is 5.36. The molecule has 0 aliphatic heterocycles. The summed E-state index contributed by atoms with van der Waals surface area (Å²) in [6.07, 6.45) is 0. The molecule has 0 spiro atoms. The average Bonchev–Trinajstić information content (AvgIpc) is 3.86. The van der Waals surface area contributed by atoms with Gasteiger partial charge < -0.3 is 4.57 Å². The lowest BCUT2D eigenvalue weighted by atomic mass is 10.0. The van der Waals surface area contributed by atoms with E-state index in [0.717, 1.165) is 39.2 Å². The van der Waals surface area contributed by atoms with Crippen molar-refractivity contribution in [3.05, 3.63) is 170 Å². The lowest BCUT2D eigenvalue weighted by molar-refractivity contribution is 0.998. The molecule has 5 heteroatoms. The van der Waals surface area contributed by atoms with Crippen LogP contribution in [0.5, 0.6) is 0 Å². The molecule has 0 aliphatic carbocycles. The predicted molar refractivity (Wildman–Crippen MR) is 214 cm³/mol. The van der Waals surface area contributed by atoms with Crippen molar-refractivity contribution < 1.29 is 0 Å². The van der Waals surface area contributed by atoms with Crippen LogP contribution in [0.4, 0.5) is 0 Å². The molecule has 7 aromatic carbocycles. The number of nitrogens with zero attached hydrogens (tertiary/aromatic N) is 4. The van der Waals surface area contributed by atoms with E-state index in [1.54, 1.807) is 0 Å². The molecule has 51 heavy (non-hydrogen) atoms. The number of aromatic nitrogens is 4. The molecule has 11 aromatic rings. The molecular formula is C46H28N4S. The molecule has 238 valence electrons. The van der Waals surface area contributed by atoms with E-state index >= 15 is 0 Å². The van der Waals surface area contributed by atoms with Crippen molar-refractivity contribution in [2.24, 2.45) is 0 Å². The van der Waals surface area contributed by atoms with Gasteiger partial charge in [0.2, 0.25) is 5.95 Å². The van der Waals surface area contributed by atoms with Crippen molar-refractivity contribution in [2.45, 2.75) is 0 Å². The summed E-state index contributed by atoms with van der Waals surface area (Å²) < 4.78 is 7.25. The van der Waals surface area contributed by atoms with Gasteiger partial charge in [0.25, 0.3) is 0 Å². The van der Waals surface area contributed by atoms with E-state index in [2.05, 4.69) is 167 Å². The highest BCUT2D eigenvalue weighted by molar-refractivity contribution is 7.26. The Kier molecular flexibility index (Phi) is 6.09. The van der Waals surface area contributed by atoms with Gasteiger partial charge in [-0.15, -0.1) is 11.3 Å². The third-order valence-electron chi connectivity index (χ3n) is 10.1. The molecule has 0 saturated heterocycles. The second-order valence-corrected chi connectivity index (χ2v) is 14.1. The van der Waals surface area contributed by atoms with Gasteiger partial charge in [-0.1, -0.05) is 127 Å². The van der Waals surface area contributed by atoms with Crippen molar-refractivity contribution >= 4 is 75.1 Å². The van der Waals surface area contributed by atoms with Crippen molar-refractivity contribution in [3.8, 4) is 34.2 Å². The van der Waals surface area contributed by atoms with Gasteiger partial charge in [0.15, 0.2) is 0 Å². The number of fused-ring (bicyclic) bond motifs is 11. The fourth-order valence-corrected chi connectivity index (χ4v) is 9.06. The second kappa shape index (κ2) is 11.0. The van der Waals surface area contributed by atoms with Gasteiger partial charge in [0.1, 0.15) is 0 Å². The Morgan fingerprint density at radius 3 is 1.39 bits per heavy atom. The third kappa shape index (κ3) is 4.19. The molecule has 0 N–H and O–H groups in total. The average molecular weight is 669 g/mol. The minimum Gasteiger partial charge on any atom is -0.309 e. The maximum Gasteiger partial charge on any atom is 0.235 e. The zero-order chi connectivity index (χ0) is 33.5. The number of hydrogen-bond acceptors (Lipinski definition) is 3. The molecule has 4 heterocycles. The number of benzene rings is 7. The molecular weight excluding hydrogens is 641 g/mol. The monoisotopic (exact) mass is 668 g/mol. The van der Waals surface area contributed by atoms with E-state index in [-0.39, 0.29) is 0 Å². The SMILES string of the molecule is c1ccc(-c2cc(-c3ccccc3)nc(-n3c4ccccc4c4ccc5sc6ccc7c8ccccc8n(-c8ccccc8)c7c6c5c43)n2)cc1.